The van der Waals surface area contributed by atoms with E-state index in [0.717, 1.165) is 32.5 Å². The number of hydrogen-bond acceptors (Lipinski definition) is 11. The van der Waals surface area contributed by atoms with Crippen LogP contribution < -0.4 is 20.3 Å². The van der Waals surface area contributed by atoms with E-state index >= 15 is 0 Å². The number of rotatable bonds is 9. The van der Waals surface area contributed by atoms with Crippen LogP contribution in [0.2, 0.25) is 0 Å². The van der Waals surface area contributed by atoms with E-state index in [0.29, 0.717) is 56.4 Å². The summed E-state index contributed by atoms with van der Waals surface area (Å²) in [5.74, 6) is 1.58. The Morgan fingerprint density at radius 3 is 2.72 bits per heavy atom. The van der Waals surface area contributed by atoms with Crippen molar-refractivity contribution in [3.8, 4) is 5.88 Å². The molecule has 2 atom stereocenters. The largest absolute Gasteiger partial charge is 0.477 e. The molecule has 212 valence electrons. The van der Waals surface area contributed by atoms with E-state index < -0.39 is 6.09 Å². The van der Waals surface area contributed by atoms with Crippen LogP contribution in [-0.2, 0) is 9.47 Å². The molecule has 0 unspecified atom stereocenters. The molecule has 2 saturated heterocycles. The van der Waals surface area contributed by atoms with Gasteiger partial charge in [-0.3, -0.25) is 15.5 Å². The number of ether oxygens (including phenoxy) is 3. The molecule has 39 heavy (non-hydrogen) atoms. The summed E-state index contributed by atoms with van der Waals surface area (Å²) >= 11 is 0. The van der Waals surface area contributed by atoms with Gasteiger partial charge in [0.15, 0.2) is 5.82 Å². The van der Waals surface area contributed by atoms with Crippen molar-refractivity contribution in [2.24, 2.45) is 0 Å². The number of carbonyl (C=O) groups excluding carboxylic acids is 2. The Bertz CT molecular complexity index is 1080. The predicted octanol–water partition coefficient (Wildman–Crippen LogP) is 2.07. The van der Waals surface area contributed by atoms with Crippen molar-refractivity contribution in [3.63, 3.8) is 0 Å². The van der Waals surface area contributed by atoms with Crippen molar-refractivity contribution >= 4 is 29.7 Å². The van der Waals surface area contributed by atoms with Gasteiger partial charge in [0.1, 0.15) is 11.9 Å². The van der Waals surface area contributed by atoms with Gasteiger partial charge in [0.2, 0.25) is 11.8 Å². The molecule has 0 saturated carbocycles. The van der Waals surface area contributed by atoms with Crippen molar-refractivity contribution in [2.75, 3.05) is 75.1 Å². The van der Waals surface area contributed by atoms with Crippen LogP contribution in [0, 0.1) is 0 Å². The summed E-state index contributed by atoms with van der Waals surface area (Å²) < 4.78 is 16.2. The second-order valence-corrected chi connectivity index (χ2v) is 9.45. The second kappa shape index (κ2) is 13.8. The van der Waals surface area contributed by atoms with Crippen LogP contribution in [0.5, 0.6) is 5.88 Å². The first-order chi connectivity index (χ1) is 18.9. The summed E-state index contributed by atoms with van der Waals surface area (Å²) in [7, 11) is 1.75. The average molecular weight is 544 g/mol. The first-order valence-electron chi connectivity index (χ1n) is 13.3. The minimum absolute atomic E-state index is 0.0689. The van der Waals surface area contributed by atoms with Crippen LogP contribution >= 0.6 is 0 Å². The smallest absolute Gasteiger partial charge is 0.413 e. The molecule has 0 aromatic carbocycles. The number of nitrogens with zero attached hydrogens (tertiary/aromatic N) is 7. The maximum Gasteiger partial charge on any atom is 0.413 e. The number of piperidine rings is 1. The van der Waals surface area contributed by atoms with E-state index in [9.17, 15) is 9.59 Å². The zero-order valence-electron chi connectivity index (χ0n) is 22.7. The highest BCUT2D eigenvalue weighted by Crippen LogP contribution is 2.21. The van der Waals surface area contributed by atoms with Crippen molar-refractivity contribution < 1.29 is 23.8 Å². The summed E-state index contributed by atoms with van der Waals surface area (Å²) in [6.45, 7) is 9.18. The van der Waals surface area contributed by atoms with E-state index in [1.165, 1.54) is 12.4 Å². The molecule has 2 aliphatic heterocycles. The Labute approximate surface area is 228 Å². The van der Waals surface area contributed by atoms with Gasteiger partial charge in [-0.25, -0.2) is 24.5 Å². The number of anilines is 3. The van der Waals surface area contributed by atoms with Crippen LogP contribution in [-0.4, -0.2) is 114 Å². The molecule has 2 aliphatic rings. The fourth-order valence-electron chi connectivity index (χ4n) is 4.49. The van der Waals surface area contributed by atoms with Gasteiger partial charge >= 0.3 is 12.1 Å². The molecular weight excluding hydrogens is 506 g/mol. The molecule has 2 aromatic rings. The van der Waals surface area contributed by atoms with Gasteiger partial charge in [-0.1, -0.05) is 0 Å². The van der Waals surface area contributed by atoms with Crippen molar-refractivity contribution in [1.29, 1.82) is 0 Å². The molecule has 2 fully saturated rings. The SMILES string of the molecule is CCOc1cnc(NC(=O)N(C)[C@@H]2CCCN(c3nccc(NC(=O)O[C@H](C)CN4CCOCC4)n3)C2)cn1. The van der Waals surface area contributed by atoms with Gasteiger partial charge in [-0.05, 0) is 32.8 Å². The van der Waals surface area contributed by atoms with Crippen LogP contribution in [0.4, 0.5) is 27.2 Å². The summed E-state index contributed by atoms with van der Waals surface area (Å²) in [4.78, 5) is 48.4. The Hall–Kier alpha value is -3.78. The molecule has 2 aromatic heterocycles. The van der Waals surface area contributed by atoms with E-state index in [1.807, 2.05) is 18.7 Å². The zero-order valence-corrected chi connectivity index (χ0v) is 22.7. The molecule has 4 heterocycles. The number of nitrogens with one attached hydrogen (secondary N) is 2. The first kappa shape index (κ1) is 28.2. The van der Waals surface area contributed by atoms with Gasteiger partial charge in [0.25, 0.3) is 0 Å². The molecule has 0 radical (unpaired) electrons. The standard InChI is InChI=1S/C25H37N9O5/c1-4-38-22-15-27-21(14-28-22)30-24(35)32(3)19-6-5-9-34(17-19)23-26-8-7-20(29-23)31-25(36)39-18(2)16-33-10-12-37-13-11-33/h7-8,14-15,18-19H,4-6,9-13,16-17H2,1-3H3,(H,27,30,35)(H,26,29,31,36)/t18-,19-/m1/s1. The summed E-state index contributed by atoms with van der Waals surface area (Å²) in [6.07, 6.45) is 5.38. The number of urea groups is 1. The molecule has 0 bridgehead atoms. The third kappa shape index (κ3) is 8.35. The summed E-state index contributed by atoms with van der Waals surface area (Å²) in [5, 5.41) is 5.47. The van der Waals surface area contributed by atoms with Crippen LogP contribution in [0.25, 0.3) is 0 Å². The number of amides is 3. The first-order valence-corrected chi connectivity index (χ1v) is 13.3. The van der Waals surface area contributed by atoms with E-state index in [-0.39, 0.29) is 18.2 Å². The lowest BCUT2D eigenvalue weighted by Gasteiger charge is -2.37. The highest BCUT2D eigenvalue weighted by molar-refractivity contribution is 5.88. The molecule has 2 N–H and O–H groups in total. The fraction of sp³-hybridized carbons (Fsp3) is 0.600. The van der Waals surface area contributed by atoms with Gasteiger partial charge in [0.05, 0.1) is 38.3 Å². The van der Waals surface area contributed by atoms with E-state index in [4.69, 9.17) is 14.2 Å². The third-order valence-electron chi connectivity index (χ3n) is 6.50. The molecule has 3 amide bonds. The van der Waals surface area contributed by atoms with Crippen LogP contribution in [0.15, 0.2) is 24.7 Å². The topological polar surface area (TPSA) is 147 Å². The van der Waals surface area contributed by atoms with Gasteiger partial charge < -0.3 is 24.0 Å². The van der Waals surface area contributed by atoms with Crippen molar-refractivity contribution in [2.45, 2.75) is 38.8 Å². The number of likely N-dealkylation sites (N-methyl/N-ethyl adjacent to an activating group) is 1. The average Bonchev–Trinajstić information content (AvgIpc) is 2.94. The molecule has 0 aliphatic carbocycles. The molecule has 0 spiro atoms. The molecule has 14 nitrogen and oxygen atoms in total. The zero-order chi connectivity index (χ0) is 27.6. The fourth-order valence-corrected chi connectivity index (χ4v) is 4.49. The maximum atomic E-state index is 12.9. The van der Waals surface area contributed by atoms with Crippen LogP contribution in [0.1, 0.15) is 26.7 Å². The third-order valence-corrected chi connectivity index (χ3v) is 6.50. The summed E-state index contributed by atoms with van der Waals surface area (Å²) in [6, 6.07) is 1.27. The van der Waals surface area contributed by atoms with Crippen molar-refractivity contribution in [3.05, 3.63) is 24.7 Å². The second-order valence-electron chi connectivity index (χ2n) is 9.45. The van der Waals surface area contributed by atoms with Gasteiger partial charge in [-0.15, -0.1) is 0 Å². The number of morpholine rings is 1. The van der Waals surface area contributed by atoms with Gasteiger partial charge in [-0.2, -0.15) is 4.98 Å². The van der Waals surface area contributed by atoms with E-state index in [1.54, 1.807) is 24.2 Å². The lowest BCUT2D eigenvalue weighted by molar-refractivity contribution is 0.0147. The highest BCUT2D eigenvalue weighted by atomic mass is 16.6. The minimum atomic E-state index is -0.564. The number of carbonyl (C=O) groups is 2. The van der Waals surface area contributed by atoms with E-state index in [2.05, 4.69) is 35.5 Å². The summed E-state index contributed by atoms with van der Waals surface area (Å²) in [5.41, 5.74) is 0. The number of hydrogen-bond donors (Lipinski definition) is 2. The molecule has 14 heteroatoms. The predicted molar refractivity (Wildman–Crippen MR) is 144 cm³/mol. The van der Waals surface area contributed by atoms with Crippen LogP contribution in [0.3, 0.4) is 0 Å². The molecular formula is C25H37N9O5. The Balaban J connectivity index is 1.28. The lowest BCUT2D eigenvalue weighted by atomic mass is 10.1. The van der Waals surface area contributed by atoms with Crippen molar-refractivity contribution in [1.82, 2.24) is 29.7 Å². The van der Waals surface area contributed by atoms with Gasteiger partial charge in [0, 0.05) is 46.0 Å². The Morgan fingerprint density at radius 1 is 1.15 bits per heavy atom. The monoisotopic (exact) mass is 543 g/mol. The lowest BCUT2D eigenvalue weighted by Crippen LogP contribution is -2.50. The maximum absolute atomic E-state index is 12.9. The Morgan fingerprint density at radius 2 is 1.97 bits per heavy atom. The highest BCUT2D eigenvalue weighted by Gasteiger charge is 2.28. The Kier molecular flexibility index (Phi) is 10.0. The minimum Gasteiger partial charge on any atom is -0.477 e. The normalized spacial score (nSPS) is 18.6. The molecule has 4 rings (SSSR count). The number of aromatic nitrogens is 4. The quantitative estimate of drug-likeness (QED) is 0.479.